The molecule has 5 nitrogen and oxygen atoms in total. The van der Waals surface area contributed by atoms with Gasteiger partial charge in [-0.25, -0.2) is 4.98 Å². The number of nitro groups is 1. The van der Waals surface area contributed by atoms with E-state index in [-0.39, 0.29) is 10.1 Å². The van der Waals surface area contributed by atoms with E-state index in [9.17, 15) is 10.1 Å². The van der Waals surface area contributed by atoms with Gasteiger partial charge in [0.15, 0.2) is 10.8 Å². The fraction of sp³-hybridized carbons (Fsp3) is 0.100. The molecular weight excluding hydrogens is 226 g/mol. The molecule has 0 unspecified atom stereocenters. The number of nitrogens with zero attached hydrogens (tertiary/aromatic N) is 2. The first kappa shape index (κ1) is 10.6. The van der Waals surface area contributed by atoms with Crippen molar-refractivity contribution in [2.24, 2.45) is 0 Å². The maximum absolute atomic E-state index is 10.8. The van der Waals surface area contributed by atoms with Crippen LogP contribution in [0.15, 0.2) is 24.3 Å². The summed E-state index contributed by atoms with van der Waals surface area (Å²) in [5, 5.41) is 11.0. The molecule has 0 saturated heterocycles. The van der Waals surface area contributed by atoms with Gasteiger partial charge in [0.1, 0.15) is 0 Å². The molecule has 1 aromatic heterocycles. The average molecular weight is 235 g/mol. The summed E-state index contributed by atoms with van der Waals surface area (Å²) in [6, 6.07) is 7.37. The van der Waals surface area contributed by atoms with Gasteiger partial charge in [0.2, 0.25) is 0 Å². The minimum absolute atomic E-state index is 0.0126. The molecule has 0 saturated carbocycles. The second kappa shape index (κ2) is 3.90. The summed E-state index contributed by atoms with van der Waals surface area (Å²) in [5.74, 6) is 0. The maximum atomic E-state index is 10.8. The topological polar surface area (TPSA) is 82.0 Å². The number of rotatable bonds is 2. The number of hydrogen-bond acceptors (Lipinski definition) is 5. The zero-order valence-electron chi connectivity index (χ0n) is 8.51. The quantitative estimate of drug-likeness (QED) is 0.640. The van der Waals surface area contributed by atoms with Gasteiger partial charge in [0, 0.05) is 5.56 Å². The van der Waals surface area contributed by atoms with E-state index in [1.54, 1.807) is 12.1 Å². The first-order valence-corrected chi connectivity index (χ1v) is 5.37. The molecular formula is C10H9N3O2S. The van der Waals surface area contributed by atoms with E-state index in [0.29, 0.717) is 11.3 Å². The second-order valence-electron chi connectivity index (χ2n) is 3.33. The molecule has 0 amide bonds. The fourth-order valence-electron chi connectivity index (χ4n) is 1.35. The van der Waals surface area contributed by atoms with E-state index < -0.39 is 4.92 Å². The summed E-state index contributed by atoms with van der Waals surface area (Å²) in [7, 11) is 0. The van der Waals surface area contributed by atoms with Crippen molar-refractivity contribution < 1.29 is 4.92 Å². The molecule has 1 heterocycles. The van der Waals surface area contributed by atoms with Crippen LogP contribution in [-0.4, -0.2) is 9.91 Å². The van der Waals surface area contributed by atoms with Crippen LogP contribution in [-0.2, 0) is 0 Å². The number of thiazole rings is 1. The lowest BCUT2D eigenvalue weighted by Gasteiger charge is -1.97. The van der Waals surface area contributed by atoms with Crippen molar-refractivity contribution >= 4 is 21.5 Å². The van der Waals surface area contributed by atoms with Crippen LogP contribution in [0.5, 0.6) is 0 Å². The molecule has 2 N–H and O–H groups in total. The molecule has 2 rings (SSSR count). The smallest absolute Gasteiger partial charge is 0.353 e. The largest absolute Gasteiger partial charge is 0.375 e. The molecule has 0 fully saturated rings. The summed E-state index contributed by atoms with van der Waals surface area (Å²) in [6.45, 7) is 1.95. The third-order valence-electron chi connectivity index (χ3n) is 2.12. The number of benzene rings is 1. The Morgan fingerprint density at radius 3 is 2.56 bits per heavy atom. The van der Waals surface area contributed by atoms with Crippen molar-refractivity contribution in [3.8, 4) is 11.3 Å². The zero-order valence-corrected chi connectivity index (χ0v) is 9.32. The Kier molecular flexibility index (Phi) is 2.57. The minimum atomic E-state index is -0.455. The third kappa shape index (κ3) is 1.87. The van der Waals surface area contributed by atoms with Crippen LogP contribution in [0, 0.1) is 17.0 Å². The van der Waals surface area contributed by atoms with Crippen LogP contribution >= 0.6 is 11.3 Å². The van der Waals surface area contributed by atoms with Crippen molar-refractivity contribution in [2.75, 3.05) is 5.73 Å². The molecule has 6 heteroatoms. The molecule has 1 aromatic carbocycles. The maximum Gasteiger partial charge on any atom is 0.353 e. The molecule has 0 spiro atoms. The van der Waals surface area contributed by atoms with Crippen molar-refractivity contribution in [3.63, 3.8) is 0 Å². The van der Waals surface area contributed by atoms with Crippen molar-refractivity contribution in [2.45, 2.75) is 6.92 Å². The van der Waals surface area contributed by atoms with Gasteiger partial charge in [0.25, 0.3) is 0 Å². The van der Waals surface area contributed by atoms with Gasteiger partial charge in [0.05, 0.1) is 4.92 Å². The molecule has 2 aromatic rings. The summed E-state index contributed by atoms with van der Waals surface area (Å²) >= 11 is 0.889. The van der Waals surface area contributed by atoms with Crippen LogP contribution < -0.4 is 5.73 Å². The Morgan fingerprint density at radius 2 is 2.00 bits per heavy atom. The van der Waals surface area contributed by atoms with Crippen molar-refractivity contribution in [3.05, 3.63) is 39.9 Å². The highest BCUT2D eigenvalue weighted by Crippen LogP contribution is 2.35. The summed E-state index contributed by atoms with van der Waals surface area (Å²) in [4.78, 5) is 14.3. The highest BCUT2D eigenvalue weighted by Gasteiger charge is 2.21. The van der Waals surface area contributed by atoms with Crippen LogP contribution in [0.2, 0.25) is 0 Å². The number of aryl methyl sites for hydroxylation is 1. The number of aromatic nitrogens is 1. The predicted octanol–water partition coefficient (Wildman–Crippen LogP) is 2.61. The zero-order chi connectivity index (χ0) is 11.7. The van der Waals surface area contributed by atoms with E-state index in [2.05, 4.69) is 4.98 Å². The van der Waals surface area contributed by atoms with Gasteiger partial charge in [-0.05, 0) is 18.3 Å². The first-order valence-electron chi connectivity index (χ1n) is 4.55. The number of anilines is 1. The lowest BCUT2D eigenvalue weighted by atomic mass is 10.1. The van der Waals surface area contributed by atoms with Gasteiger partial charge in [-0.15, -0.1) is 0 Å². The van der Waals surface area contributed by atoms with Crippen LogP contribution in [0.1, 0.15) is 5.56 Å². The molecule has 0 aliphatic rings. The molecule has 0 aliphatic heterocycles. The van der Waals surface area contributed by atoms with E-state index >= 15 is 0 Å². The predicted molar refractivity (Wildman–Crippen MR) is 63.4 cm³/mol. The minimum Gasteiger partial charge on any atom is -0.375 e. The number of hydrogen-bond donors (Lipinski definition) is 1. The van der Waals surface area contributed by atoms with E-state index in [1.807, 2.05) is 19.1 Å². The molecule has 16 heavy (non-hydrogen) atoms. The average Bonchev–Trinajstić information content (AvgIpc) is 2.61. The third-order valence-corrected chi connectivity index (χ3v) is 2.95. The lowest BCUT2D eigenvalue weighted by molar-refractivity contribution is -0.379. The SMILES string of the molecule is Cc1ccc(-c2nc(N)sc2[N+](=O)[O-])cc1. The van der Waals surface area contributed by atoms with Gasteiger partial charge in [-0.2, -0.15) is 0 Å². The van der Waals surface area contributed by atoms with Gasteiger partial charge < -0.3 is 5.73 Å². The molecule has 0 aliphatic carbocycles. The Labute approximate surface area is 95.7 Å². The van der Waals surface area contributed by atoms with Gasteiger partial charge in [-0.3, -0.25) is 10.1 Å². The van der Waals surface area contributed by atoms with Crippen LogP contribution in [0.4, 0.5) is 10.1 Å². The molecule has 0 bridgehead atoms. The highest BCUT2D eigenvalue weighted by molar-refractivity contribution is 7.19. The summed E-state index contributed by atoms with van der Waals surface area (Å²) in [5.41, 5.74) is 7.63. The Hall–Kier alpha value is -1.95. The Morgan fingerprint density at radius 1 is 1.38 bits per heavy atom. The number of nitrogens with two attached hydrogens (primary N) is 1. The van der Waals surface area contributed by atoms with Gasteiger partial charge in [-0.1, -0.05) is 29.8 Å². The van der Waals surface area contributed by atoms with Crippen molar-refractivity contribution in [1.29, 1.82) is 0 Å². The normalized spacial score (nSPS) is 10.3. The van der Waals surface area contributed by atoms with E-state index in [1.165, 1.54) is 0 Å². The Bertz CT molecular complexity index is 533. The standard InChI is InChI=1S/C10H9N3O2S/c1-6-2-4-7(5-3-6)8-9(13(14)15)16-10(11)12-8/h2-5H,1H3,(H2,11,12). The van der Waals surface area contributed by atoms with E-state index in [4.69, 9.17) is 5.73 Å². The monoisotopic (exact) mass is 235 g/mol. The van der Waals surface area contributed by atoms with Crippen LogP contribution in [0.25, 0.3) is 11.3 Å². The number of nitrogen functional groups attached to an aromatic ring is 1. The second-order valence-corrected chi connectivity index (χ2v) is 4.34. The highest BCUT2D eigenvalue weighted by atomic mass is 32.1. The lowest BCUT2D eigenvalue weighted by Crippen LogP contribution is -1.88. The molecule has 82 valence electrons. The van der Waals surface area contributed by atoms with Crippen LogP contribution in [0.3, 0.4) is 0 Å². The summed E-state index contributed by atoms with van der Waals surface area (Å²) in [6.07, 6.45) is 0. The summed E-state index contributed by atoms with van der Waals surface area (Å²) < 4.78 is 0. The fourth-order valence-corrected chi connectivity index (χ4v) is 2.02. The Balaban J connectivity index is 2.55. The molecule has 0 atom stereocenters. The molecule has 0 radical (unpaired) electrons. The first-order chi connectivity index (χ1) is 7.58. The van der Waals surface area contributed by atoms with Gasteiger partial charge >= 0.3 is 5.00 Å². The van der Waals surface area contributed by atoms with Crippen molar-refractivity contribution in [1.82, 2.24) is 4.98 Å². The van der Waals surface area contributed by atoms with E-state index in [0.717, 1.165) is 16.9 Å².